The Morgan fingerprint density at radius 1 is 1.26 bits per heavy atom. The molecule has 0 aromatic carbocycles. The Hall–Kier alpha value is -1.26. The third-order valence-electron chi connectivity index (χ3n) is 4.10. The number of aromatic nitrogens is 1. The summed E-state index contributed by atoms with van der Waals surface area (Å²) < 4.78 is 37.7. The van der Waals surface area contributed by atoms with Crippen molar-refractivity contribution in [3.05, 3.63) is 23.9 Å². The van der Waals surface area contributed by atoms with Gasteiger partial charge in [0.2, 0.25) is 0 Å². The Bertz CT molecular complexity index is 423. The number of alkyl halides is 3. The maximum Gasteiger partial charge on any atom is 0.433 e. The van der Waals surface area contributed by atoms with Crippen molar-refractivity contribution in [1.82, 2.24) is 4.98 Å². The second kappa shape index (κ2) is 5.39. The van der Waals surface area contributed by atoms with Gasteiger partial charge in [0.15, 0.2) is 0 Å². The van der Waals surface area contributed by atoms with Gasteiger partial charge in [-0.1, -0.05) is 25.8 Å². The predicted molar refractivity (Wildman–Crippen MR) is 68.9 cm³/mol. The summed E-state index contributed by atoms with van der Waals surface area (Å²) in [5.74, 6) is 0.314. The second-order valence-electron chi connectivity index (χ2n) is 5.32. The van der Waals surface area contributed by atoms with Gasteiger partial charge < -0.3 is 5.32 Å². The molecule has 106 valence electrons. The molecule has 0 radical (unpaired) electrons. The van der Waals surface area contributed by atoms with Crippen LogP contribution in [0, 0.1) is 5.41 Å². The fraction of sp³-hybridized carbons (Fsp3) is 0.643. The molecule has 19 heavy (non-hydrogen) atoms. The van der Waals surface area contributed by atoms with Gasteiger partial charge in [-0.15, -0.1) is 0 Å². The minimum Gasteiger partial charge on any atom is -0.370 e. The minimum atomic E-state index is -4.38. The van der Waals surface area contributed by atoms with E-state index >= 15 is 0 Å². The number of hydrogen-bond acceptors (Lipinski definition) is 2. The van der Waals surface area contributed by atoms with Crippen LogP contribution in [-0.2, 0) is 6.18 Å². The average Bonchev–Trinajstić information content (AvgIpc) is 2.85. The van der Waals surface area contributed by atoms with Crippen LogP contribution in [-0.4, -0.2) is 11.5 Å². The number of anilines is 1. The van der Waals surface area contributed by atoms with Crippen LogP contribution < -0.4 is 5.32 Å². The van der Waals surface area contributed by atoms with Gasteiger partial charge in [0.1, 0.15) is 11.5 Å². The lowest BCUT2D eigenvalue weighted by Crippen LogP contribution is -2.26. The fourth-order valence-electron chi connectivity index (χ4n) is 2.75. The number of hydrogen-bond donors (Lipinski definition) is 1. The summed E-state index contributed by atoms with van der Waals surface area (Å²) in [6.07, 6.45) is 1.40. The van der Waals surface area contributed by atoms with Crippen LogP contribution in [0.15, 0.2) is 18.2 Å². The number of pyridine rings is 1. The summed E-state index contributed by atoms with van der Waals surface area (Å²) in [5, 5.41) is 3.08. The van der Waals surface area contributed by atoms with Crippen LogP contribution in [0.5, 0.6) is 0 Å². The first-order valence-electron chi connectivity index (χ1n) is 6.73. The standard InChI is InChI=1S/C14H19F3N2/c1-2-13(8-3-4-9-13)10-18-12-7-5-6-11(19-12)14(15,16)17/h5-7H,2-4,8-10H2,1H3,(H,18,19). The second-order valence-corrected chi connectivity index (χ2v) is 5.32. The van der Waals surface area contributed by atoms with Crippen LogP contribution in [0.2, 0.25) is 0 Å². The Labute approximate surface area is 111 Å². The molecular formula is C14H19F3N2. The number of nitrogens with zero attached hydrogens (tertiary/aromatic N) is 1. The van der Waals surface area contributed by atoms with Gasteiger partial charge in [0, 0.05) is 6.54 Å². The van der Waals surface area contributed by atoms with E-state index in [0.29, 0.717) is 12.4 Å². The molecule has 1 aliphatic carbocycles. The molecule has 2 rings (SSSR count). The van der Waals surface area contributed by atoms with E-state index in [2.05, 4.69) is 17.2 Å². The fourth-order valence-corrected chi connectivity index (χ4v) is 2.75. The van der Waals surface area contributed by atoms with Crippen molar-refractivity contribution in [2.75, 3.05) is 11.9 Å². The molecule has 2 nitrogen and oxygen atoms in total. The van der Waals surface area contributed by atoms with E-state index in [1.807, 2.05) is 0 Å². The van der Waals surface area contributed by atoms with Crippen molar-refractivity contribution >= 4 is 5.82 Å². The van der Waals surface area contributed by atoms with E-state index in [0.717, 1.165) is 25.3 Å². The Morgan fingerprint density at radius 3 is 2.53 bits per heavy atom. The van der Waals surface area contributed by atoms with Crippen molar-refractivity contribution in [2.45, 2.75) is 45.2 Å². The van der Waals surface area contributed by atoms with E-state index in [4.69, 9.17) is 0 Å². The van der Waals surface area contributed by atoms with Gasteiger partial charge >= 0.3 is 6.18 Å². The molecule has 0 amide bonds. The Balaban J connectivity index is 2.03. The predicted octanol–water partition coefficient (Wildman–Crippen LogP) is 4.48. The topological polar surface area (TPSA) is 24.9 Å². The summed E-state index contributed by atoms with van der Waals surface area (Å²) in [5.41, 5.74) is -0.606. The summed E-state index contributed by atoms with van der Waals surface area (Å²) in [7, 11) is 0. The summed E-state index contributed by atoms with van der Waals surface area (Å²) in [4.78, 5) is 3.63. The molecule has 1 N–H and O–H groups in total. The molecule has 0 aliphatic heterocycles. The smallest absolute Gasteiger partial charge is 0.370 e. The highest BCUT2D eigenvalue weighted by molar-refractivity contribution is 5.36. The quantitative estimate of drug-likeness (QED) is 0.874. The molecule has 1 aromatic heterocycles. The highest BCUT2D eigenvalue weighted by atomic mass is 19.4. The van der Waals surface area contributed by atoms with Crippen molar-refractivity contribution in [1.29, 1.82) is 0 Å². The molecule has 1 aliphatic rings. The minimum absolute atomic E-state index is 0.232. The van der Waals surface area contributed by atoms with Crippen LogP contribution in [0.4, 0.5) is 19.0 Å². The van der Waals surface area contributed by atoms with Gasteiger partial charge in [0.25, 0.3) is 0 Å². The van der Waals surface area contributed by atoms with E-state index in [1.54, 1.807) is 6.07 Å². The average molecular weight is 272 g/mol. The van der Waals surface area contributed by atoms with E-state index in [-0.39, 0.29) is 5.41 Å². The first-order chi connectivity index (χ1) is 8.95. The van der Waals surface area contributed by atoms with Crippen molar-refractivity contribution in [3.8, 4) is 0 Å². The molecule has 0 spiro atoms. The number of halogens is 3. The van der Waals surface area contributed by atoms with Crippen molar-refractivity contribution in [3.63, 3.8) is 0 Å². The van der Waals surface area contributed by atoms with Gasteiger partial charge in [-0.25, -0.2) is 4.98 Å². The SMILES string of the molecule is CCC1(CNc2cccc(C(F)(F)F)n2)CCCC1. The van der Waals surface area contributed by atoms with E-state index in [9.17, 15) is 13.2 Å². The summed E-state index contributed by atoms with van der Waals surface area (Å²) in [6.45, 7) is 2.85. The molecule has 5 heteroatoms. The largest absolute Gasteiger partial charge is 0.433 e. The molecule has 1 fully saturated rings. The Morgan fingerprint density at radius 2 is 1.95 bits per heavy atom. The first-order valence-corrected chi connectivity index (χ1v) is 6.73. The van der Waals surface area contributed by atoms with Gasteiger partial charge in [-0.2, -0.15) is 13.2 Å². The van der Waals surface area contributed by atoms with E-state index < -0.39 is 11.9 Å². The van der Waals surface area contributed by atoms with Gasteiger partial charge in [-0.05, 0) is 36.8 Å². The van der Waals surface area contributed by atoms with Crippen molar-refractivity contribution < 1.29 is 13.2 Å². The monoisotopic (exact) mass is 272 g/mol. The molecule has 0 unspecified atom stereocenters. The van der Waals surface area contributed by atoms with Gasteiger partial charge in [-0.3, -0.25) is 0 Å². The maximum atomic E-state index is 12.6. The lowest BCUT2D eigenvalue weighted by atomic mass is 9.83. The number of rotatable bonds is 4. The van der Waals surface area contributed by atoms with Crippen LogP contribution in [0.3, 0.4) is 0 Å². The lowest BCUT2D eigenvalue weighted by molar-refractivity contribution is -0.141. The molecule has 0 atom stereocenters. The molecule has 1 aromatic rings. The van der Waals surface area contributed by atoms with Crippen LogP contribution in [0.1, 0.15) is 44.7 Å². The maximum absolute atomic E-state index is 12.6. The molecule has 0 saturated heterocycles. The van der Waals surface area contributed by atoms with Crippen LogP contribution in [0.25, 0.3) is 0 Å². The van der Waals surface area contributed by atoms with Crippen LogP contribution >= 0.6 is 0 Å². The van der Waals surface area contributed by atoms with Crippen molar-refractivity contribution in [2.24, 2.45) is 5.41 Å². The molecule has 1 saturated carbocycles. The molecular weight excluding hydrogens is 253 g/mol. The van der Waals surface area contributed by atoms with Gasteiger partial charge in [0.05, 0.1) is 0 Å². The zero-order valence-corrected chi connectivity index (χ0v) is 11.1. The zero-order valence-electron chi connectivity index (χ0n) is 11.1. The number of nitrogens with one attached hydrogen (secondary N) is 1. The summed E-state index contributed by atoms with van der Waals surface area (Å²) in [6, 6.07) is 3.98. The Kier molecular flexibility index (Phi) is 4.02. The highest BCUT2D eigenvalue weighted by Gasteiger charge is 2.33. The zero-order chi connectivity index (χ0) is 13.9. The molecule has 0 bridgehead atoms. The first kappa shape index (κ1) is 14.2. The third kappa shape index (κ3) is 3.39. The lowest BCUT2D eigenvalue weighted by Gasteiger charge is -2.28. The molecule has 1 heterocycles. The highest BCUT2D eigenvalue weighted by Crippen LogP contribution is 2.40. The van der Waals surface area contributed by atoms with E-state index in [1.165, 1.54) is 18.9 Å². The summed E-state index contributed by atoms with van der Waals surface area (Å²) >= 11 is 0. The normalized spacial score (nSPS) is 18.5. The third-order valence-corrected chi connectivity index (χ3v) is 4.10.